The molecule has 0 saturated carbocycles. The summed E-state index contributed by atoms with van der Waals surface area (Å²) in [5.41, 5.74) is 3.82. The summed E-state index contributed by atoms with van der Waals surface area (Å²) in [4.78, 5) is 26.7. The number of pyridine rings is 1. The minimum absolute atomic E-state index is 0.00791. The van der Waals surface area contributed by atoms with E-state index in [0.717, 1.165) is 16.2 Å². The first kappa shape index (κ1) is 19.1. The van der Waals surface area contributed by atoms with Gasteiger partial charge in [0.15, 0.2) is 5.96 Å². The molecule has 1 amide bonds. The van der Waals surface area contributed by atoms with Crippen LogP contribution in [-0.4, -0.2) is 33.8 Å². The van der Waals surface area contributed by atoms with Crippen molar-refractivity contribution in [2.24, 2.45) is 10.7 Å². The highest BCUT2D eigenvalue weighted by Crippen LogP contribution is 2.42. The highest BCUT2D eigenvalue weighted by Gasteiger charge is 2.52. The number of halogens is 3. The van der Waals surface area contributed by atoms with Gasteiger partial charge in [-0.1, -0.05) is 0 Å². The average molecular weight is 417 g/mol. The van der Waals surface area contributed by atoms with Crippen molar-refractivity contribution in [1.29, 1.82) is 0 Å². The number of nitrogens with two attached hydrogens (primary N) is 1. The van der Waals surface area contributed by atoms with Crippen LogP contribution < -0.4 is 5.73 Å². The van der Waals surface area contributed by atoms with E-state index in [1.807, 2.05) is 0 Å². The van der Waals surface area contributed by atoms with Crippen LogP contribution in [0, 0.1) is 11.6 Å². The topological polar surface area (TPSA) is 84.5 Å². The number of nitrogens with zero attached hydrogens (tertiary/aromatic N) is 4. The Morgan fingerprint density at radius 3 is 2.59 bits per heavy atom. The zero-order valence-electron chi connectivity index (χ0n) is 15.1. The molecule has 1 atom stereocenters. The maximum Gasteiger partial charge on any atom is 0.268 e. The minimum Gasteiger partial charge on any atom is -0.369 e. The van der Waals surface area contributed by atoms with Gasteiger partial charge in [-0.3, -0.25) is 14.7 Å². The van der Waals surface area contributed by atoms with Crippen LogP contribution in [0.1, 0.15) is 16.8 Å². The Bertz CT molecular complexity index is 1130. The monoisotopic (exact) mass is 417 g/mol. The lowest BCUT2D eigenvalue weighted by atomic mass is 9.84. The van der Waals surface area contributed by atoms with E-state index in [2.05, 4.69) is 15.0 Å². The number of likely N-dealkylation sites (N-methyl/N-ethyl adjacent to an activating group) is 1. The van der Waals surface area contributed by atoms with Crippen LogP contribution in [0.5, 0.6) is 0 Å². The molecule has 29 heavy (non-hydrogen) atoms. The predicted octanol–water partition coefficient (Wildman–Crippen LogP) is 2.98. The first-order valence-electron chi connectivity index (χ1n) is 8.42. The van der Waals surface area contributed by atoms with E-state index in [-0.39, 0.29) is 28.3 Å². The molecule has 0 aliphatic carbocycles. The van der Waals surface area contributed by atoms with Crippen molar-refractivity contribution in [3.05, 3.63) is 70.5 Å². The van der Waals surface area contributed by atoms with Crippen LogP contribution in [0.15, 0.2) is 47.0 Å². The first-order valence-corrected chi connectivity index (χ1v) is 9.30. The van der Waals surface area contributed by atoms with Crippen molar-refractivity contribution in [3.8, 4) is 10.6 Å². The summed E-state index contributed by atoms with van der Waals surface area (Å²) in [5, 5.41) is 1.95. The molecule has 1 unspecified atom stereocenters. The Morgan fingerprint density at radius 2 is 1.97 bits per heavy atom. The summed E-state index contributed by atoms with van der Waals surface area (Å²) >= 11 is 1.16. The van der Waals surface area contributed by atoms with Gasteiger partial charge in [0.1, 0.15) is 23.3 Å². The van der Waals surface area contributed by atoms with Gasteiger partial charge in [0.05, 0.1) is 5.69 Å². The lowest BCUT2D eigenvalue weighted by Crippen LogP contribution is -2.42. The average Bonchev–Trinajstić information content (AvgIpc) is 3.32. The summed E-state index contributed by atoms with van der Waals surface area (Å²) in [5.74, 6) is -2.69. The van der Waals surface area contributed by atoms with Gasteiger partial charge in [-0.2, -0.15) is 0 Å². The third-order valence-electron chi connectivity index (χ3n) is 4.70. The van der Waals surface area contributed by atoms with E-state index < -0.39 is 29.8 Å². The van der Waals surface area contributed by atoms with Crippen LogP contribution in [0.2, 0.25) is 0 Å². The van der Waals surface area contributed by atoms with E-state index in [0.29, 0.717) is 11.1 Å². The summed E-state index contributed by atoms with van der Waals surface area (Å²) in [6, 6.07) is 4.60. The van der Waals surface area contributed by atoms with E-state index in [9.17, 15) is 13.6 Å². The van der Waals surface area contributed by atoms with E-state index in [4.69, 9.17) is 5.73 Å². The molecule has 6 nitrogen and oxygen atoms in total. The molecule has 1 aromatic carbocycles. The Kier molecular flexibility index (Phi) is 4.58. The summed E-state index contributed by atoms with van der Waals surface area (Å²) in [6.07, 6.45) is 2.78. The standard InChI is InChI=1S/C19H14F3N5OS/c1-27-17(28)19(26-18(27)23,15-6-10(9-20)2-3-24-15)12-7-11(13(21)8-14(12)22)16-25-4-5-29-16/h2-8H,9H2,1H3,(H2,23,26). The van der Waals surface area contributed by atoms with Crippen LogP contribution in [0.4, 0.5) is 13.2 Å². The number of carbonyl (C=O) groups excluding carboxylic acids is 1. The second kappa shape index (κ2) is 6.96. The second-order valence-corrected chi connectivity index (χ2v) is 7.27. The molecule has 3 heterocycles. The number of hydrogen-bond acceptors (Lipinski definition) is 6. The molecule has 2 N–H and O–H groups in total. The lowest BCUT2D eigenvalue weighted by Gasteiger charge is -2.26. The number of amides is 1. The number of carbonyl (C=O) groups is 1. The third-order valence-corrected chi connectivity index (χ3v) is 5.51. The molecule has 3 aromatic rings. The molecule has 1 aliphatic heterocycles. The van der Waals surface area contributed by atoms with Crippen LogP contribution in [0.3, 0.4) is 0 Å². The lowest BCUT2D eigenvalue weighted by molar-refractivity contribution is -0.129. The molecule has 10 heteroatoms. The number of alkyl halides is 1. The fraction of sp³-hybridized carbons (Fsp3) is 0.158. The van der Waals surface area contributed by atoms with Gasteiger partial charge in [-0.15, -0.1) is 11.3 Å². The highest BCUT2D eigenvalue weighted by molar-refractivity contribution is 7.13. The summed E-state index contributed by atoms with van der Waals surface area (Å²) < 4.78 is 42.7. The minimum atomic E-state index is -2.01. The van der Waals surface area contributed by atoms with Gasteiger partial charge in [-0.25, -0.2) is 23.1 Å². The molecule has 0 radical (unpaired) electrons. The quantitative estimate of drug-likeness (QED) is 0.707. The highest BCUT2D eigenvalue weighted by atomic mass is 32.1. The van der Waals surface area contributed by atoms with Crippen molar-refractivity contribution < 1.29 is 18.0 Å². The third kappa shape index (κ3) is 2.87. The van der Waals surface area contributed by atoms with Crippen molar-refractivity contribution in [2.75, 3.05) is 7.05 Å². The van der Waals surface area contributed by atoms with E-state index in [1.165, 1.54) is 37.6 Å². The summed E-state index contributed by atoms with van der Waals surface area (Å²) in [6.45, 7) is -0.814. The number of aromatic nitrogens is 2. The maximum absolute atomic E-state index is 15.0. The van der Waals surface area contributed by atoms with Crippen molar-refractivity contribution >= 4 is 23.2 Å². The molecule has 0 bridgehead atoms. The van der Waals surface area contributed by atoms with Gasteiger partial charge in [-0.05, 0) is 23.8 Å². The molecule has 2 aromatic heterocycles. The molecular formula is C19H14F3N5OS. The second-order valence-electron chi connectivity index (χ2n) is 6.38. The van der Waals surface area contributed by atoms with Gasteiger partial charge in [0.2, 0.25) is 5.54 Å². The van der Waals surface area contributed by atoms with Crippen LogP contribution >= 0.6 is 11.3 Å². The number of thiazole rings is 1. The number of guanidine groups is 1. The van der Waals surface area contributed by atoms with Crippen LogP contribution in [0.25, 0.3) is 10.6 Å². The first-order chi connectivity index (χ1) is 13.9. The van der Waals surface area contributed by atoms with Crippen molar-refractivity contribution in [2.45, 2.75) is 12.2 Å². The molecule has 1 aliphatic rings. The van der Waals surface area contributed by atoms with Gasteiger partial charge >= 0.3 is 0 Å². The molecular weight excluding hydrogens is 403 g/mol. The smallest absolute Gasteiger partial charge is 0.268 e. The van der Waals surface area contributed by atoms with Gasteiger partial charge < -0.3 is 5.73 Å². The van der Waals surface area contributed by atoms with E-state index in [1.54, 1.807) is 5.38 Å². The molecule has 0 saturated heterocycles. The Balaban J connectivity index is 2.04. The fourth-order valence-corrected chi connectivity index (χ4v) is 3.88. The number of aliphatic imine (C=N–C) groups is 1. The molecule has 4 rings (SSSR count). The molecule has 0 fully saturated rings. The Labute approximate surface area is 167 Å². The zero-order chi connectivity index (χ0) is 20.8. The van der Waals surface area contributed by atoms with Gasteiger partial charge in [0, 0.05) is 42.0 Å². The molecule has 0 spiro atoms. The normalized spacial score (nSPS) is 19.0. The number of benzene rings is 1. The number of hydrogen-bond donors (Lipinski definition) is 1. The zero-order valence-corrected chi connectivity index (χ0v) is 15.9. The fourth-order valence-electron chi connectivity index (χ4n) is 3.22. The van der Waals surface area contributed by atoms with Crippen molar-refractivity contribution in [1.82, 2.24) is 14.9 Å². The Hall–Kier alpha value is -3.27. The van der Waals surface area contributed by atoms with Gasteiger partial charge in [0.25, 0.3) is 5.91 Å². The van der Waals surface area contributed by atoms with Crippen molar-refractivity contribution in [3.63, 3.8) is 0 Å². The van der Waals surface area contributed by atoms with Crippen LogP contribution in [-0.2, 0) is 17.0 Å². The SMILES string of the molecule is CN1C(=O)C(c2cc(CF)ccn2)(c2cc(-c3nccs3)c(F)cc2F)N=C1N. The largest absolute Gasteiger partial charge is 0.369 e. The maximum atomic E-state index is 15.0. The predicted molar refractivity (Wildman–Crippen MR) is 102 cm³/mol. The molecule has 148 valence electrons. The number of rotatable bonds is 4. The summed E-state index contributed by atoms with van der Waals surface area (Å²) in [7, 11) is 1.38. The Morgan fingerprint density at radius 1 is 1.17 bits per heavy atom. The van der Waals surface area contributed by atoms with E-state index >= 15 is 4.39 Å².